The highest BCUT2D eigenvalue weighted by Gasteiger charge is 2.50. The van der Waals surface area contributed by atoms with Crippen molar-refractivity contribution in [2.24, 2.45) is 0 Å². The molecule has 2 aromatic rings. The standard InChI is InChI=1S/C20H20FIN2O4S/c1-20(2,3)24(29(27,28)16-10-4-13(21)5-11-16)17-12-18(25)23(19(17)26)15-8-6-14(22)7-9-15/h4-11,17H,12H2,1-3H3. The molecule has 0 radical (unpaired) electrons. The summed E-state index contributed by atoms with van der Waals surface area (Å²) in [6.07, 6.45) is -0.261. The number of halogens is 2. The van der Waals surface area contributed by atoms with Gasteiger partial charge in [-0.05, 0) is 91.9 Å². The Hall–Kier alpha value is -1.85. The molecule has 0 saturated carbocycles. The third-order valence-electron chi connectivity index (χ3n) is 4.52. The van der Waals surface area contributed by atoms with E-state index in [1.54, 1.807) is 45.0 Å². The van der Waals surface area contributed by atoms with Gasteiger partial charge >= 0.3 is 0 Å². The molecule has 6 nitrogen and oxygen atoms in total. The summed E-state index contributed by atoms with van der Waals surface area (Å²) >= 11 is 2.11. The summed E-state index contributed by atoms with van der Waals surface area (Å²) in [4.78, 5) is 26.7. The molecule has 3 rings (SSSR count). The van der Waals surface area contributed by atoms with E-state index in [1.165, 1.54) is 0 Å². The Kier molecular flexibility index (Phi) is 5.85. The maximum atomic E-state index is 13.3. The number of carbonyl (C=O) groups is 2. The fraction of sp³-hybridized carbons (Fsp3) is 0.300. The number of imide groups is 1. The van der Waals surface area contributed by atoms with Crippen LogP contribution in [0.25, 0.3) is 0 Å². The van der Waals surface area contributed by atoms with Gasteiger partial charge in [-0.25, -0.2) is 17.7 Å². The van der Waals surface area contributed by atoms with Gasteiger partial charge in [-0.15, -0.1) is 0 Å². The molecule has 1 aliphatic heterocycles. The summed E-state index contributed by atoms with van der Waals surface area (Å²) in [5.41, 5.74) is -0.591. The van der Waals surface area contributed by atoms with Crippen molar-refractivity contribution in [3.63, 3.8) is 0 Å². The molecule has 1 atom stereocenters. The molecule has 0 spiro atoms. The first kappa shape index (κ1) is 21.8. The summed E-state index contributed by atoms with van der Waals surface area (Å²) in [7, 11) is -4.16. The average molecular weight is 530 g/mol. The van der Waals surface area contributed by atoms with Gasteiger partial charge in [0.2, 0.25) is 15.9 Å². The molecule has 2 amide bonds. The molecular weight excluding hydrogens is 510 g/mol. The van der Waals surface area contributed by atoms with Crippen molar-refractivity contribution >= 4 is 50.1 Å². The largest absolute Gasteiger partial charge is 0.274 e. The van der Waals surface area contributed by atoms with Crippen LogP contribution < -0.4 is 4.90 Å². The van der Waals surface area contributed by atoms with Crippen molar-refractivity contribution in [2.45, 2.75) is 43.7 Å². The number of hydrogen-bond acceptors (Lipinski definition) is 4. The van der Waals surface area contributed by atoms with E-state index in [0.717, 1.165) is 37.0 Å². The second-order valence-corrected chi connectivity index (χ2v) is 10.7. The molecule has 0 aromatic heterocycles. The van der Waals surface area contributed by atoms with Crippen LogP contribution in [0.1, 0.15) is 27.2 Å². The molecule has 2 aromatic carbocycles. The summed E-state index contributed by atoms with van der Waals surface area (Å²) in [6, 6.07) is 10.0. The number of hydrogen-bond donors (Lipinski definition) is 0. The van der Waals surface area contributed by atoms with Crippen molar-refractivity contribution in [3.8, 4) is 0 Å². The van der Waals surface area contributed by atoms with Gasteiger partial charge in [0.1, 0.15) is 11.9 Å². The molecule has 1 heterocycles. The maximum absolute atomic E-state index is 13.3. The predicted octanol–water partition coefficient (Wildman–Crippen LogP) is 3.55. The lowest BCUT2D eigenvalue weighted by Gasteiger charge is -2.37. The Morgan fingerprint density at radius 3 is 2.10 bits per heavy atom. The fourth-order valence-electron chi connectivity index (χ4n) is 3.38. The number of amides is 2. The number of carbonyl (C=O) groups excluding carboxylic acids is 2. The molecule has 1 saturated heterocycles. The van der Waals surface area contributed by atoms with Crippen LogP contribution >= 0.6 is 22.6 Å². The Labute approximate surface area is 182 Å². The second-order valence-electron chi connectivity index (χ2n) is 7.69. The van der Waals surface area contributed by atoms with E-state index >= 15 is 0 Å². The number of rotatable bonds is 4. The number of anilines is 1. The monoisotopic (exact) mass is 530 g/mol. The van der Waals surface area contributed by atoms with Gasteiger partial charge in [-0.2, -0.15) is 4.31 Å². The SMILES string of the molecule is CC(C)(C)N(C1CC(=O)N(c2ccc(I)cc2)C1=O)S(=O)(=O)c1ccc(F)cc1. The highest BCUT2D eigenvalue weighted by molar-refractivity contribution is 14.1. The Morgan fingerprint density at radius 1 is 1.03 bits per heavy atom. The molecule has 29 heavy (non-hydrogen) atoms. The summed E-state index contributed by atoms with van der Waals surface area (Å²) in [6.45, 7) is 4.96. The van der Waals surface area contributed by atoms with Crippen molar-refractivity contribution in [2.75, 3.05) is 4.90 Å². The molecule has 154 valence electrons. The van der Waals surface area contributed by atoms with Crippen LogP contribution in [-0.2, 0) is 19.6 Å². The maximum Gasteiger partial charge on any atom is 0.252 e. The third kappa shape index (κ3) is 4.22. The van der Waals surface area contributed by atoms with E-state index in [-0.39, 0.29) is 11.3 Å². The van der Waals surface area contributed by atoms with Crippen LogP contribution in [-0.4, -0.2) is 36.1 Å². The summed E-state index contributed by atoms with van der Waals surface area (Å²) in [5, 5.41) is 0. The van der Waals surface area contributed by atoms with E-state index in [1.807, 2.05) is 0 Å². The lowest BCUT2D eigenvalue weighted by Crippen LogP contribution is -2.54. The normalized spacial score (nSPS) is 18.0. The minimum absolute atomic E-state index is 0.137. The minimum Gasteiger partial charge on any atom is -0.274 e. The van der Waals surface area contributed by atoms with Gasteiger partial charge in [-0.1, -0.05) is 0 Å². The third-order valence-corrected chi connectivity index (χ3v) is 7.43. The van der Waals surface area contributed by atoms with E-state index in [9.17, 15) is 22.4 Å². The first-order valence-corrected chi connectivity index (χ1v) is 11.4. The van der Waals surface area contributed by atoms with E-state index < -0.39 is 39.2 Å². The summed E-state index contributed by atoms with van der Waals surface area (Å²) in [5.74, 6) is -1.63. The number of nitrogens with zero attached hydrogens (tertiary/aromatic N) is 2. The Bertz CT molecular complexity index is 1050. The molecule has 1 unspecified atom stereocenters. The molecule has 0 bridgehead atoms. The average Bonchev–Trinajstić information content (AvgIpc) is 2.89. The molecule has 0 aliphatic carbocycles. The van der Waals surface area contributed by atoms with Gasteiger partial charge in [-0.3, -0.25) is 9.59 Å². The molecule has 0 N–H and O–H groups in total. The Balaban J connectivity index is 2.04. The van der Waals surface area contributed by atoms with Crippen molar-refractivity contribution in [1.82, 2.24) is 4.31 Å². The zero-order chi connectivity index (χ0) is 21.6. The van der Waals surface area contributed by atoms with Crippen LogP contribution in [0.2, 0.25) is 0 Å². The van der Waals surface area contributed by atoms with E-state index in [4.69, 9.17) is 0 Å². The lowest BCUT2D eigenvalue weighted by molar-refractivity contribution is -0.122. The first-order valence-electron chi connectivity index (χ1n) is 8.85. The smallest absolute Gasteiger partial charge is 0.252 e. The second kappa shape index (κ2) is 7.77. The zero-order valence-electron chi connectivity index (χ0n) is 16.1. The van der Waals surface area contributed by atoms with Crippen LogP contribution in [0, 0.1) is 9.39 Å². The Morgan fingerprint density at radius 2 is 1.59 bits per heavy atom. The summed E-state index contributed by atoms with van der Waals surface area (Å²) < 4.78 is 42.0. The fourth-order valence-corrected chi connectivity index (χ4v) is 5.66. The van der Waals surface area contributed by atoms with Gasteiger partial charge in [0.15, 0.2) is 0 Å². The lowest BCUT2D eigenvalue weighted by atomic mass is 10.1. The first-order chi connectivity index (χ1) is 13.4. The molecule has 1 aliphatic rings. The highest BCUT2D eigenvalue weighted by Crippen LogP contribution is 2.34. The topological polar surface area (TPSA) is 74.8 Å². The predicted molar refractivity (Wildman–Crippen MR) is 115 cm³/mol. The molecule has 1 fully saturated rings. The van der Waals surface area contributed by atoms with Gasteiger partial charge in [0.25, 0.3) is 5.91 Å². The quantitative estimate of drug-likeness (QED) is 0.448. The van der Waals surface area contributed by atoms with Crippen molar-refractivity contribution < 1.29 is 22.4 Å². The highest BCUT2D eigenvalue weighted by atomic mass is 127. The number of sulfonamides is 1. The van der Waals surface area contributed by atoms with E-state index in [2.05, 4.69) is 22.6 Å². The molecular formula is C20H20FIN2O4S. The van der Waals surface area contributed by atoms with Gasteiger partial charge < -0.3 is 0 Å². The van der Waals surface area contributed by atoms with Crippen LogP contribution in [0.15, 0.2) is 53.4 Å². The van der Waals surface area contributed by atoms with Gasteiger partial charge in [0, 0.05) is 9.11 Å². The minimum atomic E-state index is -4.16. The zero-order valence-corrected chi connectivity index (χ0v) is 19.1. The molecule has 9 heteroatoms. The van der Waals surface area contributed by atoms with Crippen LogP contribution in [0.5, 0.6) is 0 Å². The van der Waals surface area contributed by atoms with Crippen LogP contribution in [0.4, 0.5) is 10.1 Å². The van der Waals surface area contributed by atoms with E-state index in [0.29, 0.717) is 5.69 Å². The number of benzene rings is 2. The van der Waals surface area contributed by atoms with Crippen LogP contribution in [0.3, 0.4) is 0 Å². The van der Waals surface area contributed by atoms with Gasteiger partial charge in [0.05, 0.1) is 17.0 Å². The van der Waals surface area contributed by atoms with Crippen molar-refractivity contribution in [1.29, 1.82) is 0 Å². The van der Waals surface area contributed by atoms with Crippen molar-refractivity contribution in [3.05, 3.63) is 57.9 Å².